The van der Waals surface area contributed by atoms with Gasteiger partial charge in [-0.3, -0.25) is 0 Å². The predicted octanol–water partition coefficient (Wildman–Crippen LogP) is 2.34. The van der Waals surface area contributed by atoms with Crippen LogP contribution >= 0.6 is 11.3 Å². The van der Waals surface area contributed by atoms with Crippen LogP contribution in [0.25, 0.3) is 0 Å². The van der Waals surface area contributed by atoms with Crippen molar-refractivity contribution in [1.29, 1.82) is 5.26 Å². The summed E-state index contributed by atoms with van der Waals surface area (Å²) in [5.41, 5.74) is 0.792. The molecular formula is C14H19N3S. The zero-order chi connectivity index (χ0) is 12.4. The molecule has 4 heteroatoms. The van der Waals surface area contributed by atoms with Gasteiger partial charge < -0.3 is 10.2 Å². The molecular weight excluding hydrogens is 242 g/mol. The Hall–Kier alpha value is -0.890. The highest BCUT2D eigenvalue weighted by molar-refractivity contribution is 7.10. The Morgan fingerprint density at radius 1 is 1.33 bits per heavy atom. The third kappa shape index (κ3) is 2.92. The van der Waals surface area contributed by atoms with Gasteiger partial charge in [0, 0.05) is 28.9 Å². The lowest BCUT2D eigenvalue weighted by molar-refractivity contribution is 0.189. The van der Waals surface area contributed by atoms with E-state index in [2.05, 4.69) is 16.3 Å². The first kappa shape index (κ1) is 12.2. The van der Waals surface area contributed by atoms with Gasteiger partial charge >= 0.3 is 0 Å². The van der Waals surface area contributed by atoms with Crippen molar-refractivity contribution in [3.8, 4) is 6.07 Å². The number of nitrogens with one attached hydrogen (secondary N) is 1. The van der Waals surface area contributed by atoms with E-state index in [1.54, 1.807) is 11.3 Å². The van der Waals surface area contributed by atoms with Crippen molar-refractivity contribution in [2.45, 2.75) is 44.3 Å². The zero-order valence-electron chi connectivity index (χ0n) is 10.6. The summed E-state index contributed by atoms with van der Waals surface area (Å²) in [5.74, 6) is 0. The first-order valence-electron chi connectivity index (χ1n) is 6.80. The summed E-state index contributed by atoms with van der Waals surface area (Å²) in [5, 5.41) is 14.4. The monoisotopic (exact) mass is 261 g/mol. The lowest BCUT2D eigenvalue weighted by Gasteiger charge is -2.32. The van der Waals surface area contributed by atoms with Crippen molar-refractivity contribution in [3.63, 3.8) is 0 Å². The van der Waals surface area contributed by atoms with Crippen LogP contribution in [0.4, 0.5) is 0 Å². The average Bonchev–Trinajstić information content (AvgIpc) is 3.16. The number of rotatable bonds is 4. The minimum Gasteiger partial charge on any atom is -0.309 e. The molecule has 0 atom stereocenters. The molecule has 1 saturated carbocycles. The third-order valence-corrected chi connectivity index (χ3v) is 4.88. The van der Waals surface area contributed by atoms with Crippen molar-refractivity contribution in [2.24, 2.45) is 0 Å². The van der Waals surface area contributed by atoms with E-state index in [1.165, 1.54) is 43.6 Å². The molecule has 1 aromatic heterocycles. The van der Waals surface area contributed by atoms with Crippen molar-refractivity contribution in [3.05, 3.63) is 21.9 Å². The maximum atomic E-state index is 8.79. The molecule has 0 bridgehead atoms. The average molecular weight is 261 g/mol. The van der Waals surface area contributed by atoms with Crippen LogP contribution in [0.5, 0.6) is 0 Å². The van der Waals surface area contributed by atoms with Gasteiger partial charge in [0.15, 0.2) is 0 Å². The van der Waals surface area contributed by atoms with Gasteiger partial charge in [-0.15, -0.1) is 11.3 Å². The van der Waals surface area contributed by atoms with E-state index in [-0.39, 0.29) is 0 Å². The molecule has 0 amide bonds. The highest BCUT2D eigenvalue weighted by atomic mass is 32.1. The van der Waals surface area contributed by atoms with E-state index in [1.807, 2.05) is 11.4 Å². The quantitative estimate of drug-likeness (QED) is 0.904. The van der Waals surface area contributed by atoms with Gasteiger partial charge in [-0.1, -0.05) is 0 Å². The van der Waals surface area contributed by atoms with Crippen molar-refractivity contribution < 1.29 is 0 Å². The molecule has 0 spiro atoms. The molecule has 18 heavy (non-hydrogen) atoms. The number of nitriles is 1. The molecule has 3 nitrogen and oxygen atoms in total. The van der Waals surface area contributed by atoms with Crippen LogP contribution in [-0.4, -0.2) is 30.1 Å². The third-order valence-electron chi connectivity index (χ3n) is 3.94. The Bertz CT molecular complexity index is 436. The minimum atomic E-state index is 0.660. The summed E-state index contributed by atoms with van der Waals surface area (Å²) in [7, 11) is 0. The largest absolute Gasteiger partial charge is 0.309 e. The molecule has 1 aliphatic carbocycles. The highest BCUT2D eigenvalue weighted by Gasteiger charge is 2.31. The number of piperidine rings is 1. The SMILES string of the molecule is N#Cc1csc(CNC2CCN(C3CC3)CC2)c1. The minimum absolute atomic E-state index is 0.660. The molecule has 0 unspecified atom stereocenters. The molecule has 1 N–H and O–H groups in total. The van der Waals surface area contributed by atoms with Crippen molar-refractivity contribution >= 4 is 11.3 Å². The van der Waals surface area contributed by atoms with Crippen LogP contribution in [0.2, 0.25) is 0 Å². The van der Waals surface area contributed by atoms with Crippen LogP contribution in [0, 0.1) is 11.3 Å². The molecule has 1 saturated heterocycles. The number of hydrogen-bond donors (Lipinski definition) is 1. The van der Waals surface area contributed by atoms with E-state index in [0.29, 0.717) is 6.04 Å². The number of likely N-dealkylation sites (tertiary alicyclic amines) is 1. The summed E-state index contributed by atoms with van der Waals surface area (Å²) in [6, 6.07) is 5.76. The number of thiophene rings is 1. The Kier molecular flexibility index (Phi) is 3.64. The van der Waals surface area contributed by atoms with Crippen molar-refractivity contribution in [1.82, 2.24) is 10.2 Å². The second kappa shape index (κ2) is 5.40. The maximum absolute atomic E-state index is 8.79. The summed E-state index contributed by atoms with van der Waals surface area (Å²) in [4.78, 5) is 3.92. The summed E-state index contributed by atoms with van der Waals surface area (Å²) in [6.07, 6.45) is 5.38. The van der Waals surface area contributed by atoms with Crippen LogP contribution in [-0.2, 0) is 6.54 Å². The second-order valence-corrected chi connectivity index (χ2v) is 6.33. The first-order chi connectivity index (χ1) is 8.85. The Labute approximate surface area is 112 Å². The van der Waals surface area contributed by atoms with Crippen LogP contribution < -0.4 is 5.32 Å². The van der Waals surface area contributed by atoms with Gasteiger partial charge in [-0.05, 0) is 44.8 Å². The fraction of sp³-hybridized carbons (Fsp3) is 0.643. The Morgan fingerprint density at radius 2 is 2.11 bits per heavy atom. The number of nitrogens with zero attached hydrogens (tertiary/aromatic N) is 2. The fourth-order valence-corrected chi connectivity index (χ4v) is 3.45. The number of hydrogen-bond acceptors (Lipinski definition) is 4. The van der Waals surface area contributed by atoms with E-state index < -0.39 is 0 Å². The lowest BCUT2D eigenvalue weighted by Crippen LogP contribution is -2.42. The van der Waals surface area contributed by atoms with Crippen LogP contribution in [0.3, 0.4) is 0 Å². The van der Waals surface area contributed by atoms with E-state index >= 15 is 0 Å². The lowest BCUT2D eigenvalue weighted by atomic mass is 10.0. The molecule has 2 heterocycles. The van der Waals surface area contributed by atoms with Crippen LogP contribution in [0.1, 0.15) is 36.1 Å². The molecule has 3 rings (SSSR count). The fourth-order valence-electron chi connectivity index (χ4n) is 2.69. The maximum Gasteiger partial charge on any atom is 0.100 e. The van der Waals surface area contributed by atoms with Gasteiger partial charge in [0.2, 0.25) is 0 Å². The normalized spacial score (nSPS) is 21.9. The summed E-state index contributed by atoms with van der Waals surface area (Å²) in [6.45, 7) is 3.44. The van der Waals surface area contributed by atoms with Gasteiger partial charge in [0.1, 0.15) is 6.07 Å². The molecule has 2 fully saturated rings. The predicted molar refractivity (Wildman–Crippen MR) is 73.5 cm³/mol. The van der Waals surface area contributed by atoms with Crippen LogP contribution in [0.15, 0.2) is 11.4 Å². The van der Waals surface area contributed by atoms with E-state index in [0.717, 1.165) is 18.2 Å². The molecule has 1 aromatic rings. The van der Waals surface area contributed by atoms with E-state index in [4.69, 9.17) is 5.26 Å². The highest BCUT2D eigenvalue weighted by Crippen LogP contribution is 2.29. The molecule has 1 aliphatic heterocycles. The topological polar surface area (TPSA) is 39.1 Å². The Balaban J connectivity index is 1.42. The van der Waals surface area contributed by atoms with Gasteiger partial charge in [0.05, 0.1) is 5.56 Å². The van der Waals surface area contributed by atoms with Gasteiger partial charge in [0.25, 0.3) is 0 Å². The summed E-state index contributed by atoms with van der Waals surface area (Å²) < 4.78 is 0. The van der Waals surface area contributed by atoms with Gasteiger partial charge in [-0.25, -0.2) is 0 Å². The standard InChI is InChI=1S/C14H19N3S/c15-8-11-7-14(18-10-11)9-16-12-3-5-17(6-4-12)13-1-2-13/h7,10,12-13,16H,1-6,9H2. The molecule has 0 aromatic carbocycles. The first-order valence-corrected chi connectivity index (χ1v) is 7.68. The Morgan fingerprint density at radius 3 is 2.72 bits per heavy atom. The van der Waals surface area contributed by atoms with E-state index in [9.17, 15) is 0 Å². The van der Waals surface area contributed by atoms with Gasteiger partial charge in [-0.2, -0.15) is 5.26 Å². The second-order valence-electron chi connectivity index (χ2n) is 5.34. The summed E-state index contributed by atoms with van der Waals surface area (Å²) >= 11 is 1.68. The van der Waals surface area contributed by atoms with Crippen molar-refractivity contribution in [2.75, 3.05) is 13.1 Å². The smallest absolute Gasteiger partial charge is 0.100 e. The molecule has 0 radical (unpaired) electrons. The molecule has 96 valence electrons. The molecule has 2 aliphatic rings. The zero-order valence-corrected chi connectivity index (χ0v) is 11.4.